The minimum atomic E-state index is -0.430. The quantitative estimate of drug-likeness (QED) is 0.571. The number of nitrogens with one attached hydrogen (secondary N) is 1. The zero-order valence-electron chi connectivity index (χ0n) is 12.1. The summed E-state index contributed by atoms with van der Waals surface area (Å²) in [6.07, 6.45) is 3.19. The molecule has 0 bridgehead atoms. The Morgan fingerprint density at radius 2 is 2.15 bits per heavy atom. The minimum Gasteiger partial charge on any atom is -0.475 e. The standard InChI is InChI=1S/C15H23ClN2O2/c1-3-5-9-18-15(19)12-8-7-11(16)10-13(12)20-14(17)6-4-2/h7-8,10,14H,3-6,9,17H2,1-2H3,(H,18,19). The first kappa shape index (κ1) is 16.8. The van der Waals surface area contributed by atoms with Gasteiger partial charge in [0.05, 0.1) is 5.56 Å². The van der Waals surface area contributed by atoms with E-state index >= 15 is 0 Å². The average molecular weight is 299 g/mol. The number of unbranched alkanes of at least 4 members (excludes halogenated alkanes) is 1. The van der Waals surface area contributed by atoms with Gasteiger partial charge in [0.15, 0.2) is 0 Å². The molecule has 0 heterocycles. The summed E-state index contributed by atoms with van der Waals surface area (Å²) in [6, 6.07) is 4.97. The molecule has 0 aromatic heterocycles. The first-order chi connectivity index (χ1) is 9.58. The second kappa shape index (κ2) is 8.82. The highest BCUT2D eigenvalue weighted by Crippen LogP contribution is 2.24. The molecule has 0 saturated heterocycles. The molecule has 5 heteroatoms. The Morgan fingerprint density at radius 3 is 2.80 bits per heavy atom. The van der Waals surface area contributed by atoms with Crippen molar-refractivity contribution in [3.8, 4) is 5.75 Å². The van der Waals surface area contributed by atoms with Gasteiger partial charge in [-0.05, 0) is 31.0 Å². The lowest BCUT2D eigenvalue weighted by molar-refractivity contribution is 0.0945. The van der Waals surface area contributed by atoms with Crippen molar-refractivity contribution in [2.24, 2.45) is 5.73 Å². The summed E-state index contributed by atoms with van der Waals surface area (Å²) in [4.78, 5) is 12.1. The number of rotatable bonds is 8. The van der Waals surface area contributed by atoms with E-state index in [0.717, 1.165) is 25.7 Å². The second-order valence-electron chi connectivity index (χ2n) is 4.69. The van der Waals surface area contributed by atoms with E-state index in [1.807, 2.05) is 6.92 Å². The molecule has 0 aliphatic carbocycles. The minimum absolute atomic E-state index is 0.159. The number of carbonyl (C=O) groups excluding carboxylic acids is 1. The lowest BCUT2D eigenvalue weighted by atomic mass is 10.1. The number of hydrogen-bond donors (Lipinski definition) is 2. The molecular weight excluding hydrogens is 276 g/mol. The van der Waals surface area contributed by atoms with Gasteiger partial charge in [-0.15, -0.1) is 0 Å². The van der Waals surface area contributed by atoms with Crippen LogP contribution in [-0.4, -0.2) is 18.7 Å². The molecule has 1 aromatic rings. The van der Waals surface area contributed by atoms with E-state index in [4.69, 9.17) is 22.1 Å². The van der Waals surface area contributed by atoms with Gasteiger partial charge in [-0.2, -0.15) is 0 Å². The van der Waals surface area contributed by atoms with Crippen molar-refractivity contribution in [3.63, 3.8) is 0 Å². The van der Waals surface area contributed by atoms with Gasteiger partial charge in [0.25, 0.3) is 5.91 Å². The highest BCUT2D eigenvalue weighted by molar-refractivity contribution is 6.30. The number of benzene rings is 1. The summed E-state index contributed by atoms with van der Waals surface area (Å²) in [5.74, 6) is 0.279. The van der Waals surface area contributed by atoms with Crippen LogP contribution in [0.15, 0.2) is 18.2 Å². The van der Waals surface area contributed by atoms with Gasteiger partial charge in [0.1, 0.15) is 12.0 Å². The van der Waals surface area contributed by atoms with Gasteiger partial charge < -0.3 is 10.1 Å². The smallest absolute Gasteiger partial charge is 0.255 e. The van der Waals surface area contributed by atoms with E-state index in [1.54, 1.807) is 18.2 Å². The Bertz CT molecular complexity index is 438. The largest absolute Gasteiger partial charge is 0.475 e. The van der Waals surface area contributed by atoms with Gasteiger partial charge in [-0.3, -0.25) is 10.5 Å². The molecular formula is C15H23ClN2O2. The van der Waals surface area contributed by atoms with Gasteiger partial charge >= 0.3 is 0 Å². The van der Waals surface area contributed by atoms with Gasteiger partial charge in [0, 0.05) is 11.6 Å². The summed E-state index contributed by atoms with van der Waals surface area (Å²) in [5, 5.41) is 3.38. The molecule has 0 radical (unpaired) electrons. The first-order valence-electron chi connectivity index (χ1n) is 7.08. The molecule has 0 saturated carbocycles. The van der Waals surface area contributed by atoms with Crippen molar-refractivity contribution in [2.75, 3.05) is 6.54 Å². The van der Waals surface area contributed by atoms with Crippen LogP contribution < -0.4 is 15.8 Å². The van der Waals surface area contributed by atoms with Crippen molar-refractivity contribution in [3.05, 3.63) is 28.8 Å². The topological polar surface area (TPSA) is 64.3 Å². The molecule has 1 rings (SSSR count). The second-order valence-corrected chi connectivity index (χ2v) is 5.13. The van der Waals surface area contributed by atoms with E-state index < -0.39 is 6.23 Å². The highest BCUT2D eigenvalue weighted by atomic mass is 35.5. The number of nitrogens with two attached hydrogens (primary N) is 1. The normalized spacial score (nSPS) is 12.0. The molecule has 1 amide bonds. The predicted molar refractivity (Wildman–Crippen MR) is 82.2 cm³/mol. The third kappa shape index (κ3) is 5.39. The SMILES string of the molecule is CCCCNC(=O)c1ccc(Cl)cc1OC(N)CCC. The third-order valence-corrected chi connectivity index (χ3v) is 3.09. The molecule has 0 fully saturated rings. The number of halogens is 1. The summed E-state index contributed by atoms with van der Waals surface area (Å²) < 4.78 is 5.63. The van der Waals surface area contributed by atoms with Crippen molar-refractivity contribution in [1.82, 2.24) is 5.32 Å². The number of ether oxygens (including phenoxy) is 1. The zero-order valence-corrected chi connectivity index (χ0v) is 12.9. The molecule has 1 unspecified atom stereocenters. The lowest BCUT2D eigenvalue weighted by Crippen LogP contribution is -2.29. The molecule has 112 valence electrons. The lowest BCUT2D eigenvalue weighted by Gasteiger charge is -2.17. The molecule has 1 aromatic carbocycles. The Kier molecular flexibility index (Phi) is 7.41. The fraction of sp³-hybridized carbons (Fsp3) is 0.533. The number of hydrogen-bond acceptors (Lipinski definition) is 3. The summed E-state index contributed by atoms with van der Waals surface area (Å²) in [7, 11) is 0. The Labute approximate surface area is 125 Å². The Balaban J connectivity index is 2.81. The van der Waals surface area contributed by atoms with Crippen LogP contribution in [0, 0.1) is 0 Å². The van der Waals surface area contributed by atoms with E-state index in [2.05, 4.69) is 12.2 Å². The molecule has 0 aliphatic rings. The molecule has 20 heavy (non-hydrogen) atoms. The van der Waals surface area contributed by atoms with Gasteiger partial charge in [-0.25, -0.2) is 0 Å². The highest BCUT2D eigenvalue weighted by Gasteiger charge is 2.15. The maximum absolute atomic E-state index is 12.1. The first-order valence-corrected chi connectivity index (χ1v) is 7.46. The van der Waals surface area contributed by atoms with E-state index in [-0.39, 0.29) is 5.91 Å². The predicted octanol–water partition coefficient (Wildman–Crippen LogP) is 3.33. The summed E-state index contributed by atoms with van der Waals surface area (Å²) in [5.41, 5.74) is 6.33. The fourth-order valence-corrected chi connectivity index (χ4v) is 1.92. The Hall–Kier alpha value is -1.26. The summed E-state index contributed by atoms with van der Waals surface area (Å²) in [6.45, 7) is 4.75. The molecule has 4 nitrogen and oxygen atoms in total. The van der Waals surface area contributed by atoms with E-state index in [1.165, 1.54) is 0 Å². The van der Waals surface area contributed by atoms with Gasteiger partial charge in [0.2, 0.25) is 0 Å². The number of carbonyl (C=O) groups is 1. The monoisotopic (exact) mass is 298 g/mol. The maximum Gasteiger partial charge on any atom is 0.255 e. The number of amides is 1. The van der Waals surface area contributed by atoms with Crippen LogP contribution in [0.5, 0.6) is 5.75 Å². The van der Waals surface area contributed by atoms with E-state index in [0.29, 0.717) is 22.9 Å². The van der Waals surface area contributed by atoms with Crippen LogP contribution in [0.25, 0.3) is 0 Å². The maximum atomic E-state index is 12.1. The molecule has 0 spiro atoms. The molecule has 0 aliphatic heterocycles. The Morgan fingerprint density at radius 1 is 1.40 bits per heavy atom. The van der Waals surface area contributed by atoms with Crippen LogP contribution in [0.2, 0.25) is 5.02 Å². The molecule has 3 N–H and O–H groups in total. The van der Waals surface area contributed by atoms with Crippen molar-refractivity contribution in [1.29, 1.82) is 0 Å². The van der Waals surface area contributed by atoms with Crippen LogP contribution in [-0.2, 0) is 0 Å². The van der Waals surface area contributed by atoms with Crippen molar-refractivity contribution < 1.29 is 9.53 Å². The van der Waals surface area contributed by atoms with Crippen LogP contribution in [0.3, 0.4) is 0 Å². The van der Waals surface area contributed by atoms with Crippen LogP contribution >= 0.6 is 11.6 Å². The van der Waals surface area contributed by atoms with Crippen LogP contribution in [0.4, 0.5) is 0 Å². The van der Waals surface area contributed by atoms with Crippen molar-refractivity contribution in [2.45, 2.75) is 45.8 Å². The summed E-state index contributed by atoms with van der Waals surface area (Å²) >= 11 is 5.96. The van der Waals surface area contributed by atoms with Crippen LogP contribution in [0.1, 0.15) is 49.9 Å². The zero-order chi connectivity index (χ0) is 15.0. The molecule has 1 atom stereocenters. The third-order valence-electron chi connectivity index (χ3n) is 2.86. The fourth-order valence-electron chi connectivity index (χ4n) is 1.76. The van der Waals surface area contributed by atoms with Gasteiger partial charge in [-0.1, -0.05) is 38.3 Å². The van der Waals surface area contributed by atoms with E-state index in [9.17, 15) is 4.79 Å². The average Bonchev–Trinajstić information content (AvgIpc) is 2.39. The van der Waals surface area contributed by atoms with Crippen molar-refractivity contribution >= 4 is 17.5 Å².